The molecule has 0 fully saturated rings. The number of aliphatic hydroxyl groups excluding tert-OH is 1. The lowest BCUT2D eigenvalue weighted by Crippen LogP contribution is -2.49. The van der Waals surface area contributed by atoms with Crippen LogP contribution < -0.4 is 14.2 Å². The third kappa shape index (κ3) is 6.50. The normalized spacial score (nSPS) is 20.1. The Kier molecular flexibility index (Phi) is 8.98. The topological polar surface area (TPSA) is 109 Å². The molecule has 0 bridgehead atoms. The molecule has 0 saturated carbocycles. The molecule has 0 saturated heterocycles. The third-order valence-corrected chi connectivity index (χ3v) is 9.94. The van der Waals surface area contributed by atoms with E-state index in [-0.39, 0.29) is 48.5 Å². The first-order valence-corrected chi connectivity index (χ1v) is 15.7. The highest BCUT2D eigenvalue weighted by atomic mass is 32.2. The minimum Gasteiger partial charge on any atom is -0.487 e. The first kappa shape index (κ1) is 30.8. The van der Waals surface area contributed by atoms with E-state index in [2.05, 4.69) is 4.90 Å². The average molecular weight is 610 g/mol. The number of hydrogen-bond acceptors (Lipinski definition) is 8. The van der Waals surface area contributed by atoms with Crippen LogP contribution in [0.3, 0.4) is 0 Å². The van der Waals surface area contributed by atoms with Crippen LogP contribution in [0.1, 0.15) is 29.8 Å². The number of likely N-dealkylation sites (N-methyl/N-ethyl adjacent to an activating group) is 1. The van der Waals surface area contributed by atoms with E-state index in [0.29, 0.717) is 18.7 Å². The van der Waals surface area contributed by atoms with E-state index in [4.69, 9.17) is 14.2 Å². The summed E-state index contributed by atoms with van der Waals surface area (Å²) in [6.45, 7) is 4.96. The highest BCUT2D eigenvalue weighted by Crippen LogP contribution is 2.37. The van der Waals surface area contributed by atoms with Crippen LogP contribution in [-0.2, 0) is 16.6 Å². The Balaban J connectivity index is 1.46. The Morgan fingerprint density at radius 2 is 1.67 bits per heavy atom. The molecule has 11 heteroatoms. The first-order chi connectivity index (χ1) is 20.5. The van der Waals surface area contributed by atoms with Gasteiger partial charge in [-0.15, -0.1) is 0 Å². The lowest BCUT2D eigenvalue weighted by Gasteiger charge is -2.37. The number of hydrogen-bond donors (Lipinski definition) is 1. The van der Waals surface area contributed by atoms with Crippen LogP contribution in [0.5, 0.6) is 17.2 Å². The molecule has 10 nitrogen and oxygen atoms in total. The largest absolute Gasteiger partial charge is 0.487 e. The Morgan fingerprint density at radius 1 is 0.977 bits per heavy atom. The minimum atomic E-state index is -3.96. The van der Waals surface area contributed by atoms with E-state index in [0.717, 1.165) is 28.2 Å². The summed E-state index contributed by atoms with van der Waals surface area (Å²) in [5, 5.41) is 9.95. The van der Waals surface area contributed by atoms with Crippen molar-refractivity contribution < 1.29 is 32.5 Å². The van der Waals surface area contributed by atoms with Gasteiger partial charge >= 0.3 is 0 Å². The molecule has 43 heavy (non-hydrogen) atoms. The number of carbonyl (C=O) groups excluding carboxylic acids is 1. The number of aliphatic hydroxyl groups is 1. The maximum Gasteiger partial charge on any atom is 0.253 e. The van der Waals surface area contributed by atoms with Gasteiger partial charge in [-0.3, -0.25) is 9.69 Å². The summed E-state index contributed by atoms with van der Waals surface area (Å²) in [5.74, 6) is 1.43. The Bertz CT molecular complexity index is 1580. The predicted octanol–water partition coefficient (Wildman–Crippen LogP) is 3.68. The van der Waals surface area contributed by atoms with E-state index in [1.54, 1.807) is 51.4 Å². The highest BCUT2D eigenvalue weighted by molar-refractivity contribution is 7.89. The average Bonchev–Trinajstić information content (AvgIpc) is 3.46. The lowest BCUT2D eigenvalue weighted by atomic mass is 10.0. The molecule has 3 aromatic rings. The standard InChI is InChI=1S/C32H39N3O7S/c1-21-16-35(22(2)19-36)43(38,39)31-13-11-26(24-7-9-25(10-8-24)32(37)33(3)4)15-29(31)42-30(21)18-34(5)17-23-6-12-27-28(14-23)41-20-40-27/h6-15,21-22,30,36H,16-20H2,1-5H3/t21-,22-,30+/m1/s1. The van der Waals surface area contributed by atoms with E-state index in [9.17, 15) is 18.3 Å². The van der Waals surface area contributed by atoms with E-state index < -0.39 is 16.1 Å². The molecule has 3 aromatic carbocycles. The summed E-state index contributed by atoms with van der Waals surface area (Å²) in [7, 11) is 1.44. The van der Waals surface area contributed by atoms with Crippen LogP contribution >= 0.6 is 0 Å². The molecule has 0 spiro atoms. The molecule has 3 atom stereocenters. The Labute approximate surface area is 253 Å². The van der Waals surface area contributed by atoms with Crippen molar-refractivity contribution in [2.75, 3.05) is 47.6 Å². The van der Waals surface area contributed by atoms with Crippen LogP contribution in [0, 0.1) is 5.92 Å². The predicted molar refractivity (Wildman–Crippen MR) is 163 cm³/mol. The quantitative estimate of drug-likeness (QED) is 0.412. The van der Waals surface area contributed by atoms with Gasteiger partial charge in [0.05, 0.1) is 6.61 Å². The van der Waals surface area contributed by atoms with Crippen LogP contribution in [0.15, 0.2) is 65.6 Å². The van der Waals surface area contributed by atoms with Gasteiger partial charge in [0, 0.05) is 51.3 Å². The fraction of sp³-hybridized carbons (Fsp3) is 0.406. The van der Waals surface area contributed by atoms with Gasteiger partial charge in [0.25, 0.3) is 5.91 Å². The van der Waals surface area contributed by atoms with Gasteiger partial charge in [-0.05, 0) is 67.1 Å². The molecular formula is C32H39N3O7S. The molecule has 1 amide bonds. The molecule has 0 aliphatic carbocycles. The molecule has 0 unspecified atom stereocenters. The van der Waals surface area contributed by atoms with Crippen LogP contribution in [0.4, 0.5) is 0 Å². The van der Waals surface area contributed by atoms with Crippen molar-refractivity contribution in [1.82, 2.24) is 14.1 Å². The first-order valence-electron chi connectivity index (χ1n) is 14.3. The number of amides is 1. The van der Waals surface area contributed by atoms with E-state index in [1.807, 2.05) is 44.3 Å². The molecule has 2 aliphatic heterocycles. The van der Waals surface area contributed by atoms with Crippen molar-refractivity contribution in [2.45, 2.75) is 37.4 Å². The molecule has 5 rings (SSSR count). The Morgan fingerprint density at radius 3 is 2.37 bits per heavy atom. The summed E-state index contributed by atoms with van der Waals surface area (Å²) in [5.41, 5.74) is 3.21. The summed E-state index contributed by atoms with van der Waals surface area (Å²) >= 11 is 0. The van der Waals surface area contributed by atoms with Crippen molar-refractivity contribution in [1.29, 1.82) is 0 Å². The van der Waals surface area contributed by atoms with Gasteiger partial charge in [-0.25, -0.2) is 8.42 Å². The number of rotatable bonds is 8. The second-order valence-corrected chi connectivity index (χ2v) is 13.4. The minimum absolute atomic E-state index is 0.0614. The molecule has 2 aliphatic rings. The maximum atomic E-state index is 13.9. The number of sulfonamides is 1. The van der Waals surface area contributed by atoms with Crippen molar-refractivity contribution in [2.24, 2.45) is 5.92 Å². The molecule has 1 N–H and O–H groups in total. The van der Waals surface area contributed by atoms with Gasteiger partial charge in [-0.1, -0.05) is 31.2 Å². The van der Waals surface area contributed by atoms with Crippen molar-refractivity contribution >= 4 is 15.9 Å². The third-order valence-electron chi connectivity index (χ3n) is 7.92. The SMILES string of the molecule is C[C@@H]1CN([C@H](C)CO)S(=O)(=O)c2ccc(-c3ccc(C(=O)N(C)C)cc3)cc2O[C@H]1CN(C)Cc1ccc2c(c1)OCO2. The van der Waals surface area contributed by atoms with Crippen molar-refractivity contribution in [3.8, 4) is 28.4 Å². The fourth-order valence-electron chi connectivity index (χ4n) is 5.41. The van der Waals surface area contributed by atoms with Crippen molar-refractivity contribution in [3.05, 3.63) is 71.8 Å². The zero-order chi connectivity index (χ0) is 30.9. The summed E-state index contributed by atoms with van der Waals surface area (Å²) in [6.07, 6.45) is -0.350. The van der Waals surface area contributed by atoms with Crippen molar-refractivity contribution in [3.63, 3.8) is 0 Å². The highest BCUT2D eigenvalue weighted by Gasteiger charge is 2.38. The van der Waals surface area contributed by atoms with E-state index >= 15 is 0 Å². The van der Waals surface area contributed by atoms with Gasteiger partial charge in [0.15, 0.2) is 11.5 Å². The fourth-order valence-corrected chi connectivity index (χ4v) is 7.24. The van der Waals surface area contributed by atoms with Gasteiger partial charge in [-0.2, -0.15) is 4.31 Å². The number of benzene rings is 3. The number of fused-ring (bicyclic) bond motifs is 2. The summed E-state index contributed by atoms with van der Waals surface area (Å²) < 4.78 is 46.7. The zero-order valence-electron chi connectivity index (χ0n) is 25.2. The molecule has 230 valence electrons. The number of nitrogens with zero attached hydrogens (tertiary/aromatic N) is 3. The van der Waals surface area contributed by atoms with Gasteiger partial charge in [0.1, 0.15) is 16.7 Å². The molecule has 0 radical (unpaired) electrons. The molecular weight excluding hydrogens is 570 g/mol. The van der Waals surface area contributed by atoms with E-state index in [1.165, 1.54) is 9.21 Å². The van der Waals surface area contributed by atoms with Gasteiger partial charge in [0.2, 0.25) is 16.8 Å². The summed E-state index contributed by atoms with van der Waals surface area (Å²) in [4.78, 5) is 16.1. The smallest absolute Gasteiger partial charge is 0.253 e. The van der Waals surface area contributed by atoms with Gasteiger partial charge < -0.3 is 24.2 Å². The molecule has 0 aromatic heterocycles. The second-order valence-electron chi connectivity index (χ2n) is 11.6. The van der Waals surface area contributed by atoms with Crippen LogP contribution in [0.25, 0.3) is 11.1 Å². The number of carbonyl (C=O) groups is 1. The second kappa shape index (κ2) is 12.5. The monoisotopic (exact) mass is 609 g/mol. The maximum absolute atomic E-state index is 13.9. The number of ether oxygens (including phenoxy) is 3. The van der Waals surface area contributed by atoms with Crippen LogP contribution in [-0.4, -0.2) is 93.3 Å². The Hall–Kier alpha value is -3.64. The zero-order valence-corrected chi connectivity index (χ0v) is 26.0. The summed E-state index contributed by atoms with van der Waals surface area (Å²) in [6, 6.07) is 17.5. The lowest BCUT2D eigenvalue weighted by molar-refractivity contribution is 0.0734. The van der Waals surface area contributed by atoms with Crippen LogP contribution in [0.2, 0.25) is 0 Å². The molecule has 2 heterocycles.